The van der Waals surface area contributed by atoms with Crippen LogP contribution in [0, 0.1) is 5.92 Å². The molecule has 2 heterocycles. The van der Waals surface area contributed by atoms with Crippen molar-refractivity contribution in [2.24, 2.45) is 5.92 Å². The lowest BCUT2D eigenvalue weighted by atomic mass is 9.83. The van der Waals surface area contributed by atoms with Gasteiger partial charge in [0.1, 0.15) is 5.78 Å². The van der Waals surface area contributed by atoms with Crippen molar-refractivity contribution in [3.05, 3.63) is 11.8 Å². The van der Waals surface area contributed by atoms with E-state index in [-0.39, 0.29) is 5.92 Å². The summed E-state index contributed by atoms with van der Waals surface area (Å²) in [6.45, 7) is 2.16. The average Bonchev–Trinajstić information content (AvgIpc) is 2.66. The molecule has 2 atom stereocenters. The van der Waals surface area contributed by atoms with Gasteiger partial charge in [0.15, 0.2) is 0 Å². The van der Waals surface area contributed by atoms with Crippen LogP contribution in [0.25, 0.3) is 0 Å². The number of Topliss-reactive ketones (excluding diaryl/α,β-unsaturated/α-hetero) is 1. The molecule has 2 fully saturated rings. The lowest BCUT2D eigenvalue weighted by Crippen LogP contribution is -2.44. The van der Waals surface area contributed by atoms with Crippen molar-refractivity contribution in [3.8, 4) is 0 Å². The highest BCUT2D eigenvalue weighted by atomic mass is 16.1. The summed E-state index contributed by atoms with van der Waals surface area (Å²) in [6.07, 6.45) is 6.70. The number of carbonyl (C=O) groups excluding carboxylic acids is 1. The van der Waals surface area contributed by atoms with Gasteiger partial charge in [-0.05, 0) is 19.3 Å². The lowest BCUT2D eigenvalue weighted by molar-refractivity contribution is -0.123. The zero-order valence-corrected chi connectivity index (χ0v) is 8.33. The van der Waals surface area contributed by atoms with Gasteiger partial charge in [0.05, 0.1) is 12.1 Å². The van der Waals surface area contributed by atoms with E-state index < -0.39 is 0 Å². The third kappa shape index (κ3) is 1.12. The second kappa shape index (κ2) is 3.09. The van der Waals surface area contributed by atoms with E-state index in [1.807, 2.05) is 0 Å². The summed E-state index contributed by atoms with van der Waals surface area (Å²) in [5.74, 6) is 0.702. The van der Waals surface area contributed by atoms with Crippen molar-refractivity contribution < 1.29 is 4.79 Å². The molecule has 2 aliphatic heterocycles. The van der Waals surface area contributed by atoms with E-state index in [9.17, 15) is 4.79 Å². The second-order valence-corrected chi connectivity index (χ2v) is 4.43. The van der Waals surface area contributed by atoms with Crippen molar-refractivity contribution in [2.45, 2.75) is 31.8 Å². The maximum Gasteiger partial charge on any atom is 0.142 e. The molecule has 0 aromatic heterocycles. The number of fused-ring (bicyclic) bond motifs is 3. The molecule has 0 radical (unpaired) electrons. The standard InChI is InChI=1S/C11H16N2O/c14-10-3-1-2-9-8(10)4-5-11-12-6-7-13(9)11/h2,8,11-12H,1,3-7H2. The van der Waals surface area contributed by atoms with E-state index >= 15 is 0 Å². The van der Waals surface area contributed by atoms with Gasteiger partial charge in [-0.2, -0.15) is 0 Å². The number of piperidine rings is 1. The molecule has 0 saturated carbocycles. The Bertz CT molecular complexity index is 298. The Morgan fingerprint density at radius 3 is 3.29 bits per heavy atom. The topological polar surface area (TPSA) is 32.3 Å². The van der Waals surface area contributed by atoms with Gasteiger partial charge >= 0.3 is 0 Å². The maximum atomic E-state index is 11.7. The predicted molar refractivity (Wildman–Crippen MR) is 53.5 cm³/mol. The Kier molecular flexibility index (Phi) is 1.87. The number of ketones is 1. The summed E-state index contributed by atoms with van der Waals surface area (Å²) in [4.78, 5) is 14.1. The smallest absolute Gasteiger partial charge is 0.142 e. The van der Waals surface area contributed by atoms with Gasteiger partial charge in [0.2, 0.25) is 0 Å². The number of rotatable bonds is 0. The first-order chi connectivity index (χ1) is 6.86. The molecule has 0 spiro atoms. The minimum atomic E-state index is 0.236. The second-order valence-electron chi connectivity index (χ2n) is 4.43. The van der Waals surface area contributed by atoms with Crippen molar-refractivity contribution in [2.75, 3.05) is 13.1 Å². The normalized spacial score (nSPS) is 36.4. The number of hydrogen-bond acceptors (Lipinski definition) is 3. The van der Waals surface area contributed by atoms with Crippen LogP contribution in [0.3, 0.4) is 0 Å². The fraction of sp³-hybridized carbons (Fsp3) is 0.727. The van der Waals surface area contributed by atoms with Gasteiger partial charge in [-0.1, -0.05) is 6.08 Å². The first kappa shape index (κ1) is 8.48. The Balaban J connectivity index is 1.92. The van der Waals surface area contributed by atoms with Crippen molar-refractivity contribution >= 4 is 5.78 Å². The van der Waals surface area contributed by atoms with Crippen molar-refractivity contribution in [1.29, 1.82) is 0 Å². The van der Waals surface area contributed by atoms with Crippen LogP contribution >= 0.6 is 0 Å². The van der Waals surface area contributed by atoms with Crippen LogP contribution in [0.5, 0.6) is 0 Å². The first-order valence-electron chi connectivity index (χ1n) is 5.59. The molecule has 0 aromatic rings. The highest BCUT2D eigenvalue weighted by Crippen LogP contribution is 2.36. The van der Waals surface area contributed by atoms with E-state index in [2.05, 4.69) is 16.3 Å². The van der Waals surface area contributed by atoms with E-state index in [0.717, 1.165) is 38.8 Å². The van der Waals surface area contributed by atoms with Crippen LogP contribution in [-0.2, 0) is 4.79 Å². The number of nitrogens with zero attached hydrogens (tertiary/aromatic N) is 1. The molecule has 14 heavy (non-hydrogen) atoms. The fourth-order valence-corrected chi connectivity index (χ4v) is 2.98. The molecule has 1 N–H and O–H groups in total. The van der Waals surface area contributed by atoms with Gasteiger partial charge in [-0.25, -0.2) is 0 Å². The minimum Gasteiger partial charge on any atom is -0.358 e. The summed E-state index contributed by atoms with van der Waals surface area (Å²) in [5.41, 5.74) is 1.32. The Morgan fingerprint density at radius 1 is 1.43 bits per heavy atom. The molecular weight excluding hydrogens is 176 g/mol. The molecule has 0 aromatic carbocycles. The van der Waals surface area contributed by atoms with E-state index in [1.54, 1.807) is 0 Å². The van der Waals surface area contributed by atoms with E-state index in [0.29, 0.717) is 11.9 Å². The van der Waals surface area contributed by atoms with Crippen molar-refractivity contribution in [1.82, 2.24) is 10.2 Å². The van der Waals surface area contributed by atoms with Crippen LogP contribution < -0.4 is 5.32 Å². The van der Waals surface area contributed by atoms with Gasteiger partial charge < -0.3 is 4.90 Å². The molecule has 3 heteroatoms. The highest BCUT2D eigenvalue weighted by Gasteiger charge is 2.38. The number of nitrogens with one attached hydrogen (secondary N) is 1. The number of carbonyl (C=O) groups is 1. The third-order valence-corrected chi connectivity index (χ3v) is 3.66. The van der Waals surface area contributed by atoms with Gasteiger partial charge in [-0.3, -0.25) is 10.1 Å². The molecule has 3 aliphatic rings. The average molecular weight is 192 g/mol. The Hall–Kier alpha value is -0.830. The molecule has 3 rings (SSSR count). The monoisotopic (exact) mass is 192 g/mol. The van der Waals surface area contributed by atoms with Crippen molar-refractivity contribution in [3.63, 3.8) is 0 Å². The fourth-order valence-electron chi connectivity index (χ4n) is 2.98. The lowest BCUT2D eigenvalue weighted by Gasteiger charge is -2.39. The van der Waals surface area contributed by atoms with Gasteiger partial charge in [-0.15, -0.1) is 0 Å². The predicted octanol–water partition coefficient (Wildman–Crippen LogP) is 0.875. The van der Waals surface area contributed by atoms with Gasteiger partial charge in [0, 0.05) is 25.2 Å². The van der Waals surface area contributed by atoms with Crippen LogP contribution in [0.1, 0.15) is 25.7 Å². The van der Waals surface area contributed by atoms with Gasteiger partial charge in [0.25, 0.3) is 0 Å². The van der Waals surface area contributed by atoms with Crippen LogP contribution in [0.15, 0.2) is 11.8 Å². The summed E-state index contributed by atoms with van der Waals surface area (Å²) in [7, 11) is 0. The number of hydrogen-bond donors (Lipinski definition) is 1. The first-order valence-corrected chi connectivity index (χ1v) is 5.59. The van der Waals surface area contributed by atoms with E-state index in [1.165, 1.54) is 5.70 Å². The van der Waals surface area contributed by atoms with Crippen LogP contribution in [0.2, 0.25) is 0 Å². The number of allylic oxidation sites excluding steroid dienone is 2. The molecule has 0 amide bonds. The minimum absolute atomic E-state index is 0.236. The summed E-state index contributed by atoms with van der Waals surface area (Å²) >= 11 is 0. The molecule has 0 bridgehead atoms. The maximum absolute atomic E-state index is 11.7. The molecule has 76 valence electrons. The SMILES string of the molecule is O=C1CCC=C2C1CCC1NCCN21. The molecule has 2 saturated heterocycles. The summed E-state index contributed by atoms with van der Waals surface area (Å²) in [6, 6.07) is 0. The van der Waals surface area contributed by atoms with Crippen LogP contribution in [0.4, 0.5) is 0 Å². The zero-order valence-electron chi connectivity index (χ0n) is 8.33. The zero-order chi connectivity index (χ0) is 9.54. The third-order valence-electron chi connectivity index (χ3n) is 3.66. The quantitative estimate of drug-likeness (QED) is 0.618. The molecule has 1 aliphatic carbocycles. The molecule has 3 nitrogen and oxygen atoms in total. The molecule has 2 unspecified atom stereocenters. The van der Waals surface area contributed by atoms with Crippen LogP contribution in [-0.4, -0.2) is 29.9 Å². The Labute approximate surface area is 84.2 Å². The Morgan fingerprint density at radius 2 is 2.36 bits per heavy atom. The summed E-state index contributed by atoms with van der Waals surface area (Å²) in [5, 5.41) is 3.48. The highest BCUT2D eigenvalue weighted by molar-refractivity contribution is 5.85. The summed E-state index contributed by atoms with van der Waals surface area (Å²) < 4.78 is 0. The van der Waals surface area contributed by atoms with E-state index in [4.69, 9.17) is 0 Å². The molecular formula is C11H16N2O. The largest absolute Gasteiger partial charge is 0.358 e.